The first-order valence-electron chi connectivity index (χ1n) is 6.09. The van der Waals surface area contributed by atoms with Crippen molar-refractivity contribution in [3.63, 3.8) is 0 Å². The summed E-state index contributed by atoms with van der Waals surface area (Å²) in [7, 11) is 1.59. The molecule has 0 saturated carbocycles. The van der Waals surface area contributed by atoms with Crippen LogP contribution in [-0.4, -0.2) is 48.5 Å². The number of carbonyl (C=O) groups is 1. The van der Waals surface area contributed by atoms with Gasteiger partial charge in [0.1, 0.15) is 5.69 Å². The third-order valence-electron chi connectivity index (χ3n) is 3.55. The monoisotopic (exact) mass is 287 g/mol. The van der Waals surface area contributed by atoms with Crippen molar-refractivity contribution in [1.29, 1.82) is 0 Å². The van der Waals surface area contributed by atoms with Gasteiger partial charge in [-0.2, -0.15) is 5.10 Å². The number of hydrogen-bond donors (Lipinski definition) is 1. The maximum absolute atomic E-state index is 12.7. The molecule has 0 amide bonds. The molecule has 2 N–H and O–H groups in total. The van der Waals surface area contributed by atoms with Gasteiger partial charge in [0.05, 0.1) is 43.0 Å². The van der Waals surface area contributed by atoms with E-state index in [0.29, 0.717) is 37.1 Å². The van der Waals surface area contributed by atoms with E-state index < -0.39 is 5.41 Å². The minimum absolute atomic E-state index is 0.129. The van der Waals surface area contributed by atoms with Gasteiger partial charge in [-0.05, 0) is 6.92 Å². The summed E-state index contributed by atoms with van der Waals surface area (Å²) < 4.78 is 11.9. The molecule has 6 nitrogen and oxygen atoms in total. The molecule has 0 aromatic carbocycles. The average molecular weight is 288 g/mol. The van der Waals surface area contributed by atoms with E-state index in [2.05, 4.69) is 5.10 Å². The maximum atomic E-state index is 12.7. The van der Waals surface area contributed by atoms with Crippen LogP contribution in [0.25, 0.3) is 0 Å². The third-order valence-corrected chi connectivity index (χ3v) is 3.83. The van der Waals surface area contributed by atoms with Gasteiger partial charge in [-0.15, -0.1) is 0 Å². The lowest BCUT2D eigenvalue weighted by Crippen LogP contribution is -2.45. The van der Waals surface area contributed by atoms with Gasteiger partial charge in [0, 0.05) is 13.2 Å². The Bertz CT molecular complexity index is 477. The molecule has 1 aromatic heterocycles. The molecule has 2 unspecified atom stereocenters. The number of halogens is 1. The highest BCUT2D eigenvalue weighted by atomic mass is 35.5. The van der Waals surface area contributed by atoms with Gasteiger partial charge < -0.3 is 15.2 Å². The van der Waals surface area contributed by atoms with Gasteiger partial charge in [0.15, 0.2) is 5.78 Å². The summed E-state index contributed by atoms with van der Waals surface area (Å²) in [6, 6.07) is -0.332. The van der Waals surface area contributed by atoms with Gasteiger partial charge in [-0.1, -0.05) is 11.6 Å². The van der Waals surface area contributed by atoms with Crippen LogP contribution in [0.1, 0.15) is 17.4 Å². The van der Waals surface area contributed by atoms with Crippen LogP contribution in [-0.2, 0) is 16.0 Å². The van der Waals surface area contributed by atoms with Crippen molar-refractivity contribution in [2.75, 3.05) is 26.9 Å². The predicted octanol–water partition coefficient (Wildman–Crippen LogP) is 0.729. The number of methoxy groups -OCH3 is 1. The fourth-order valence-corrected chi connectivity index (χ4v) is 2.36. The lowest BCUT2D eigenvalue weighted by atomic mass is 9.80. The summed E-state index contributed by atoms with van der Waals surface area (Å²) in [6.45, 7) is 3.41. The van der Waals surface area contributed by atoms with E-state index in [4.69, 9.17) is 26.8 Å². The zero-order chi connectivity index (χ0) is 14.0. The molecule has 0 bridgehead atoms. The number of rotatable bonds is 5. The fourth-order valence-electron chi connectivity index (χ4n) is 2.13. The summed E-state index contributed by atoms with van der Waals surface area (Å²) in [5.41, 5.74) is 5.60. The predicted molar refractivity (Wildman–Crippen MR) is 70.3 cm³/mol. The number of ether oxygens (including phenoxy) is 2. The van der Waals surface area contributed by atoms with Crippen LogP contribution in [0.5, 0.6) is 0 Å². The van der Waals surface area contributed by atoms with Gasteiger partial charge in [0.2, 0.25) is 0 Å². The lowest BCUT2D eigenvalue weighted by molar-refractivity contribution is 0.0753. The Hall–Kier alpha value is -0.950. The van der Waals surface area contributed by atoms with Crippen LogP contribution >= 0.6 is 11.6 Å². The highest BCUT2D eigenvalue weighted by molar-refractivity contribution is 6.33. The van der Waals surface area contributed by atoms with E-state index in [-0.39, 0.29) is 11.8 Å². The van der Waals surface area contributed by atoms with Crippen LogP contribution in [0.15, 0.2) is 6.20 Å². The second-order valence-electron chi connectivity index (χ2n) is 4.93. The zero-order valence-corrected chi connectivity index (χ0v) is 11.8. The first-order chi connectivity index (χ1) is 9.00. The summed E-state index contributed by atoms with van der Waals surface area (Å²) >= 11 is 6.08. The first kappa shape index (κ1) is 14.5. The Morgan fingerprint density at radius 3 is 3.11 bits per heavy atom. The number of carbonyl (C=O) groups excluding carboxylic acids is 1. The van der Waals surface area contributed by atoms with Crippen molar-refractivity contribution < 1.29 is 14.3 Å². The largest absolute Gasteiger partial charge is 0.383 e. The highest BCUT2D eigenvalue weighted by Crippen LogP contribution is 2.33. The molecule has 1 fully saturated rings. The molecule has 0 aliphatic carbocycles. The van der Waals surface area contributed by atoms with Gasteiger partial charge in [0.25, 0.3) is 0 Å². The number of aromatic nitrogens is 2. The standard InChI is InChI=1S/C12H18ClN3O3/c1-12(7-19-6-9(12)14)11(17)10-8(13)5-15-16(10)3-4-18-2/h5,9H,3-4,6-7,14H2,1-2H3. The second kappa shape index (κ2) is 5.58. The Morgan fingerprint density at radius 2 is 2.53 bits per heavy atom. The molecule has 7 heteroatoms. The van der Waals surface area contributed by atoms with Gasteiger partial charge in [-0.3, -0.25) is 9.48 Å². The number of nitrogens with zero attached hydrogens (tertiary/aromatic N) is 2. The van der Waals surface area contributed by atoms with Crippen LogP contribution in [0.2, 0.25) is 5.02 Å². The van der Waals surface area contributed by atoms with E-state index in [0.717, 1.165) is 0 Å². The molecule has 1 aromatic rings. The molecule has 2 rings (SSSR count). The minimum Gasteiger partial charge on any atom is -0.383 e. The number of nitrogens with two attached hydrogens (primary N) is 1. The zero-order valence-electron chi connectivity index (χ0n) is 11.1. The topological polar surface area (TPSA) is 79.4 Å². The molecule has 1 saturated heterocycles. The SMILES string of the molecule is COCCn1ncc(Cl)c1C(=O)C1(C)COCC1N. The van der Waals surface area contributed by atoms with Crippen molar-refractivity contribution in [2.45, 2.75) is 19.5 Å². The van der Waals surface area contributed by atoms with Crippen LogP contribution in [0, 0.1) is 5.41 Å². The molecule has 106 valence electrons. The van der Waals surface area contributed by atoms with Crippen molar-refractivity contribution in [3.8, 4) is 0 Å². The fraction of sp³-hybridized carbons (Fsp3) is 0.667. The lowest BCUT2D eigenvalue weighted by Gasteiger charge is -2.25. The smallest absolute Gasteiger partial charge is 0.192 e. The second-order valence-corrected chi connectivity index (χ2v) is 5.33. The van der Waals surface area contributed by atoms with Crippen molar-refractivity contribution >= 4 is 17.4 Å². The average Bonchev–Trinajstić information content (AvgIpc) is 2.91. The Balaban J connectivity index is 2.30. The van der Waals surface area contributed by atoms with Crippen LogP contribution in [0.4, 0.5) is 0 Å². The molecular weight excluding hydrogens is 270 g/mol. The molecule has 19 heavy (non-hydrogen) atoms. The molecular formula is C12H18ClN3O3. The molecule has 0 spiro atoms. The summed E-state index contributed by atoms with van der Waals surface area (Å²) in [5, 5.41) is 4.44. The van der Waals surface area contributed by atoms with Crippen LogP contribution < -0.4 is 5.73 Å². The van der Waals surface area contributed by atoms with E-state index in [9.17, 15) is 4.79 Å². The van der Waals surface area contributed by atoms with E-state index in [1.807, 2.05) is 0 Å². The van der Waals surface area contributed by atoms with E-state index >= 15 is 0 Å². The van der Waals surface area contributed by atoms with Crippen LogP contribution in [0.3, 0.4) is 0 Å². The third kappa shape index (κ3) is 2.53. The van der Waals surface area contributed by atoms with Gasteiger partial charge >= 0.3 is 0 Å². The Morgan fingerprint density at radius 1 is 1.79 bits per heavy atom. The van der Waals surface area contributed by atoms with Crippen molar-refractivity contribution in [1.82, 2.24) is 9.78 Å². The quantitative estimate of drug-likeness (QED) is 0.808. The molecule has 0 radical (unpaired) electrons. The van der Waals surface area contributed by atoms with Crippen molar-refractivity contribution in [3.05, 3.63) is 16.9 Å². The number of Topliss-reactive ketones (excluding diaryl/α,β-unsaturated/α-hetero) is 1. The molecule has 2 atom stereocenters. The van der Waals surface area contributed by atoms with E-state index in [1.54, 1.807) is 18.7 Å². The van der Waals surface area contributed by atoms with Gasteiger partial charge in [-0.25, -0.2) is 0 Å². The number of ketones is 1. The summed E-state index contributed by atoms with van der Waals surface area (Å²) in [4.78, 5) is 12.7. The molecule has 1 aliphatic heterocycles. The normalized spacial score (nSPS) is 26.8. The van der Waals surface area contributed by atoms with Crippen molar-refractivity contribution in [2.24, 2.45) is 11.1 Å². The van der Waals surface area contributed by atoms with E-state index in [1.165, 1.54) is 6.20 Å². The summed E-state index contributed by atoms with van der Waals surface area (Å²) in [6.07, 6.45) is 1.47. The number of hydrogen-bond acceptors (Lipinski definition) is 5. The minimum atomic E-state index is -0.755. The Kier molecular flexibility index (Phi) is 4.25. The first-order valence-corrected chi connectivity index (χ1v) is 6.47. The summed E-state index contributed by atoms with van der Waals surface area (Å²) in [5.74, 6) is -0.129. The molecule has 1 aliphatic rings. The maximum Gasteiger partial charge on any atom is 0.192 e. The molecule has 2 heterocycles. The Labute approximate surface area is 116 Å². The highest BCUT2D eigenvalue weighted by Gasteiger charge is 2.46.